The second kappa shape index (κ2) is 5.03. The third-order valence-corrected chi connectivity index (χ3v) is 2.45. The lowest BCUT2D eigenvalue weighted by Crippen LogP contribution is -2.27. The molecule has 1 atom stereocenters. The van der Waals surface area contributed by atoms with E-state index in [1.54, 1.807) is 13.0 Å². The first kappa shape index (κ1) is 11.9. The summed E-state index contributed by atoms with van der Waals surface area (Å²) in [4.78, 5) is 11.2. The average molecular weight is 228 g/mol. The van der Waals surface area contributed by atoms with Gasteiger partial charge in [-0.2, -0.15) is 0 Å². The molecule has 1 aromatic carbocycles. The summed E-state index contributed by atoms with van der Waals surface area (Å²) in [7, 11) is 1.36. The maximum Gasteiger partial charge on any atom is 0.327 e. The van der Waals surface area contributed by atoms with Crippen LogP contribution in [0.15, 0.2) is 18.2 Å². The second-order valence-electron chi connectivity index (χ2n) is 3.32. The zero-order valence-electron chi connectivity index (χ0n) is 9.00. The van der Waals surface area contributed by atoms with Gasteiger partial charge in [-0.1, -0.05) is 23.7 Å². The number of rotatable bonds is 3. The highest BCUT2D eigenvalue weighted by molar-refractivity contribution is 6.33. The smallest absolute Gasteiger partial charge is 0.327 e. The number of ether oxygens (including phenoxy) is 1. The third kappa shape index (κ3) is 2.86. The average Bonchev–Trinajstić information content (AvgIpc) is 2.22. The summed E-state index contributed by atoms with van der Waals surface area (Å²) < 4.78 is 4.62. The van der Waals surface area contributed by atoms with Crippen molar-refractivity contribution in [3.05, 3.63) is 28.8 Å². The number of esters is 1. The number of hydrogen-bond acceptors (Lipinski definition) is 3. The molecule has 15 heavy (non-hydrogen) atoms. The molecule has 1 rings (SSSR count). The molecule has 0 aliphatic carbocycles. The Bertz CT molecular complexity index is 345. The van der Waals surface area contributed by atoms with E-state index in [1.165, 1.54) is 7.11 Å². The van der Waals surface area contributed by atoms with E-state index in [2.05, 4.69) is 10.1 Å². The Morgan fingerprint density at radius 1 is 1.53 bits per heavy atom. The SMILES string of the molecule is COC(=O)C(C)Nc1c(C)cccc1Cl. The highest BCUT2D eigenvalue weighted by atomic mass is 35.5. The lowest BCUT2D eigenvalue weighted by Gasteiger charge is -2.16. The van der Waals surface area contributed by atoms with Gasteiger partial charge in [-0.15, -0.1) is 0 Å². The van der Waals surface area contributed by atoms with Crippen molar-refractivity contribution in [3.8, 4) is 0 Å². The summed E-state index contributed by atoms with van der Waals surface area (Å²) in [6.07, 6.45) is 0. The van der Waals surface area contributed by atoms with Gasteiger partial charge in [-0.3, -0.25) is 0 Å². The van der Waals surface area contributed by atoms with Crippen LogP contribution in [0, 0.1) is 6.92 Å². The standard InChI is InChI=1S/C11H14ClNO2/c1-7-5-4-6-9(12)10(7)13-8(2)11(14)15-3/h4-6,8,13H,1-3H3. The van der Waals surface area contributed by atoms with Crippen LogP contribution in [0.3, 0.4) is 0 Å². The summed E-state index contributed by atoms with van der Waals surface area (Å²) in [5.41, 5.74) is 1.77. The zero-order chi connectivity index (χ0) is 11.4. The fourth-order valence-electron chi connectivity index (χ4n) is 1.27. The van der Waals surface area contributed by atoms with Gasteiger partial charge in [0.1, 0.15) is 6.04 Å². The number of carbonyl (C=O) groups excluding carboxylic acids is 1. The molecule has 0 fully saturated rings. The predicted molar refractivity (Wildman–Crippen MR) is 61.3 cm³/mol. The molecular formula is C11H14ClNO2. The minimum absolute atomic E-state index is 0.311. The van der Waals surface area contributed by atoms with Gasteiger partial charge in [0.05, 0.1) is 17.8 Å². The molecule has 3 nitrogen and oxygen atoms in total. The summed E-state index contributed by atoms with van der Waals surface area (Å²) in [6.45, 7) is 3.66. The maximum absolute atomic E-state index is 11.2. The van der Waals surface area contributed by atoms with Crippen LogP contribution < -0.4 is 5.32 Å². The molecule has 1 aromatic rings. The van der Waals surface area contributed by atoms with Crippen molar-refractivity contribution < 1.29 is 9.53 Å². The van der Waals surface area contributed by atoms with Crippen LogP contribution in [0.1, 0.15) is 12.5 Å². The van der Waals surface area contributed by atoms with E-state index >= 15 is 0 Å². The minimum atomic E-state index is -0.409. The Morgan fingerprint density at radius 2 is 2.20 bits per heavy atom. The number of aryl methyl sites for hydroxylation is 1. The third-order valence-electron chi connectivity index (χ3n) is 2.14. The van der Waals surface area contributed by atoms with Crippen LogP contribution in [0.5, 0.6) is 0 Å². The largest absolute Gasteiger partial charge is 0.467 e. The lowest BCUT2D eigenvalue weighted by molar-refractivity contribution is -0.141. The molecule has 0 saturated carbocycles. The monoisotopic (exact) mass is 227 g/mol. The molecule has 0 heterocycles. The Labute approximate surface area is 94.4 Å². The van der Waals surface area contributed by atoms with E-state index < -0.39 is 6.04 Å². The van der Waals surface area contributed by atoms with Gasteiger partial charge in [0.25, 0.3) is 0 Å². The maximum atomic E-state index is 11.2. The highest BCUT2D eigenvalue weighted by Crippen LogP contribution is 2.25. The highest BCUT2D eigenvalue weighted by Gasteiger charge is 2.14. The van der Waals surface area contributed by atoms with Crippen molar-refractivity contribution in [2.24, 2.45) is 0 Å². The number of nitrogens with one attached hydrogen (secondary N) is 1. The first-order valence-electron chi connectivity index (χ1n) is 4.65. The van der Waals surface area contributed by atoms with Crippen LogP contribution in [0.25, 0.3) is 0 Å². The quantitative estimate of drug-likeness (QED) is 0.807. The van der Waals surface area contributed by atoms with Gasteiger partial charge in [0, 0.05) is 0 Å². The molecule has 0 aromatic heterocycles. The van der Waals surface area contributed by atoms with Gasteiger partial charge in [0.2, 0.25) is 0 Å². The predicted octanol–water partition coefficient (Wildman–Crippen LogP) is 2.62. The minimum Gasteiger partial charge on any atom is -0.467 e. The van der Waals surface area contributed by atoms with E-state index in [0.29, 0.717) is 5.02 Å². The zero-order valence-corrected chi connectivity index (χ0v) is 9.76. The van der Waals surface area contributed by atoms with Crippen LogP contribution in [-0.4, -0.2) is 19.1 Å². The topological polar surface area (TPSA) is 38.3 Å². The van der Waals surface area contributed by atoms with E-state index in [9.17, 15) is 4.79 Å². The molecule has 0 saturated heterocycles. The Balaban J connectivity index is 2.85. The number of anilines is 1. The summed E-state index contributed by atoms with van der Waals surface area (Å²) in [5, 5.41) is 3.63. The summed E-state index contributed by atoms with van der Waals surface area (Å²) in [5.74, 6) is -0.311. The van der Waals surface area contributed by atoms with Crippen LogP contribution in [-0.2, 0) is 9.53 Å². The van der Waals surface area contributed by atoms with Crippen LogP contribution in [0.2, 0.25) is 5.02 Å². The molecule has 0 amide bonds. The fraction of sp³-hybridized carbons (Fsp3) is 0.364. The molecule has 82 valence electrons. The fourth-order valence-corrected chi connectivity index (χ4v) is 1.54. The summed E-state index contributed by atoms with van der Waals surface area (Å²) >= 11 is 6.01. The van der Waals surface area contributed by atoms with Crippen molar-refractivity contribution in [3.63, 3.8) is 0 Å². The van der Waals surface area contributed by atoms with Gasteiger partial charge < -0.3 is 10.1 Å². The molecule has 0 bridgehead atoms. The van der Waals surface area contributed by atoms with Crippen LogP contribution in [0.4, 0.5) is 5.69 Å². The molecule has 0 aliphatic rings. The number of halogens is 1. The summed E-state index contributed by atoms with van der Waals surface area (Å²) in [6, 6.07) is 5.17. The number of hydrogen-bond donors (Lipinski definition) is 1. The molecule has 0 radical (unpaired) electrons. The lowest BCUT2D eigenvalue weighted by atomic mass is 10.2. The Kier molecular flexibility index (Phi) is 3.97. The van der Waals surface area contributed by atoms with Gasteiger partial charge >= 0.3 is 5.97 Å². The normalized spacial score (nSPS) is 12.0. The van der Waals surface area contributed by atoms with Crippen molar-refractivity contribution in [1.82, 2.24) is 0 Å². The van der Waals surface area contributed by atoms with Crippen molar-refractivity contribution in [1.29, 1.82) is 0 Å². The number of benzene rings is 1. The van der Waals surface area contributed by atoms with Gasteiger partial charge in [0.15, 0.2) is 0 Å². The molecule has 0 aliphatic heterocycles. The van der Waals surface area contributed by atoms with Crippen LogP contribution >= 0.6 is 11.6 Å². The van der Waals surface area contributed by atoms with E-state index in [0.717, 1.165) is 11.3 Å². The van der Waals surface area contributed by atoms with E-state index in [-0.39, 0.29) is 5.97 Å². The number of methoxy groups -OCH3 is 1. The first-order chi connectivity index (χ1) is 7.06. The molecule has 1 unspecified atom stereocenters. The molecular weight excluding hydrogens is 214 g/mol. The van der Waals surface area contributed by atoms with Gasteiger partial charge in [-0.25, -0.2) is 4.79 Å². The first-order valence-corrected chi connectivity index (χ1v) is 5.03. The van der Waals surface area contributed by atoms with Crippen molar-refractivity contribution in [2.75, 3.05) is 12.4 Å². The van der Waals surface area contributed by atoms with Crippen molar-refractivity contribution >= 4 is 23.3 Å². The molecule has 4 heteroatoms. The Morgan fingerprint density at radius 3 is 2.73 bits per heavy atom. The van der Waals surface area contributed by atoms with Crippen molar-refractivity contribution in [2.45, 2.75) is 19.9 Å². The van der Waals surface area contributed by atoms with Gasteiger partial charge in [-0.05, 0) is 25.5 Å². The van der Waals surface area contributed by atoms with E-state index in [1.807, 2.05) is 19.1 Å². The number of para-hydroxylation sites is 1. The molecule has 1 N–H and O–H groups in total. The Hall–Kier alpha value is -1.22. The molecule has 0 spiro atoms. The van der Waals surface area contributed by atoms with E-state index in [4.69, 9.17) is 11.6 Å². The second-order valence-corrected chi connectivity index (χ2v) is 3.73. The number of carbonyl (C=O) groups is 1.